The van der Waals surface area contributed by atoms with E-state index in [0.29, 0.717) is 23.5 Å². The average molecular weight is 457 g/mol. The van der Waals surface area contributed by atoms with Crippen LogP contribution in [0, 0.1) is 11.5 Å². The molecule has 0 unspecified atom stereocenters. The number of nitriles is 1. The largest absolute Gasteiger partial charge is 0.462 e. The normalized spacial score (nSPS) is 10.4. The molecule has 3 aromatic rings. The fraction of sp³-hybridized carbons (Fsp3) is 0.115. The van der Waals surface area contributed by atoms with Crippen molar-refractivity contribution in [1.29, 1.82) is 5.26 Å². The number of ether oxygens (including phenoxy) is 3. The van der Waals surface area contributed by atoms with Gasteiger partial charge in [0.15, 0.2) is 0 Å². The van der Waals surface area contributed by atoms with Gasteiger partial charge in [-0.25, -0.2) is 9.59 Å². The number of carbonyl (C=O) groups is 2. The molecule has 0 atom stereocenters. The van der Waals surface area contributed by atoms with Crippen molar-refractivity contribution in [3.8, 4) is 23.1 Å². The van der Waals surface area contributed by atoms with E-state index in [9.17, 15) is 9.59 Å². The quantitative estimate of drug-likeness (QED) is 0.160. The third-order valence-electron chi connectivity index (χ3n) is 4.65. The van der Waals surface area contributed by atoms with Crippen molar-refractivity contribution in [2.24, 2.45) is 0 Å². The summed E-state index contributed by atoms with van der Waals surface area (Å²) in [6, 6.07) is 19.3. The minimum atomic E-state index is -0.542. The predicted molar refractivity (Wildman–Crippen MR) is 128 cm³/mol. The van der Waals surface area contributed by atoms with Crippen molar-refractivity contribution in [2.45, 2.75) is 6.42 Å². The summed E-state index contributed by atoms with van der Waals surface area (Å²) in [6.45, 7) is 0.204. The standard InChI is InChI=1S/C26H23N3O5/c27-17-34-24-9-7-20(8-10-24)19-5-2-18(3-6-19)4-11-25(30)32-12-1-13-33-26(31)21-14-22(28)16-23(29)15-21/h2-11,14-16H,1,12-13,28-29H2/b11-4+. The lowest BCUT2D eigenvalue weighted by Crippen LogP contribution is -2.10. The molecule has 0 aliphatic carbocycles. The summed E-state index contributed by atoms with van der Waals surface area (Å²) < 4.78 is 15.0. The van der Waals surface area contributed by atoms with Crippen molar-refractivity contribution in [2.75, 3.05) is 24.7 Å². The highest BCUT2D eigenvalue weighted by Gasteiger charge is 2.09. The molecule has 0 bridgehead atoms. The Morgan fingerprint density at radius 2 is 1.44 bits per heavy atom. The Morgan fingerprint density at radius 1 is 0.853 bits per heavy atom. The van der Waals surface area contributed by atoms with E-state index in [1.807, 2.05) is 36.4 Å². The number of hydrogen-bond donors (Lipinski definition) is 2. The molecule has 0 fully saturated rings. The van der Waals surface area contributed by atoms with Gasteiger partial charge in [-0.05, 0) is 53.1 Å². The molecule has 0 amide bonds. The summed E-state index contributed by atoms with van der Waals surface area (Å²) in [4.78, 5) is 23.9. The second-order valence-corrected chi connectivity index (χ2v) is 7.22. The fourth-order valence-corrected chi connectivity index (χ4v) is 3.04. The molecule has 4 N–H and O–H groups in total. The van der Waals surface area contributed by atoms with Crippen molar-refractivity contribution in [1.82, 2.24) is 0 Å². The maximum absolute atomic E-state index is 12.0. The van der Waals surface area contributed by atoms with Crippen LogP contribution in [0.15, 0.2) is 72.8 Å². The van der Waals surface area contributed by atoms with Gasteiger partial charge in [0.25, 0.3) is 6.26 Å². The molecular formula is C26H23N3O5. The van der Waals surface area contributed by atoms with Crippen LogP contribution in [0.5, 0.6) is 5.75 Å². The van der Waals surface area contributed by atoms with Gasteiger partial charge in [-0.3, -0.25) is 0 Å². The lowest BCUT2D eigenvalue weighted by molar-refractivity contribution is -0.137. The van der Waals surface area contributed by atoms with E-state index in [0.717, 1.165) is 16.7 Å². The van der Waals surface area contributed by atoms with E-state index in [4.69, 9.17) is 30.9 Å². The number of nitrogens with two attached hydrogens (primary N) is 2. The summed E-state index contributed by atoms with van der Waals surface area (Å²) >= 11 is 0. The Labute approximate surface area is 197 Å². The number of nitrogen functional groups attached to an aromatic ring is 2. The van der Waals surface area contributed by atoms with Crippen LogP contribution in [0.3, 0.4) is 0 Å². The van der Waals surface area contributed by atoms with Crippen LogP contribution in [-0.2, 0) is 14.3 Å². The topological polar surface area (TPSA) is 138 Å². The Balaban J connectivity index is 1.40. The second kappa shape index (κ2) is 11.7. The first kappa shape index (κ1) is 23.9. The zero-order valence-electron chi connectivity index (χ0n) is 18.3. The van der Waals surface area contributed by atoms with Crippen molar-refractivity contribution >= 4 is 29.4 Å². The van der Waals surface area contributed by atoms with E-state index in [1.165, 1.54) is 18.2 Å². The van der Waals surface area contributed by atoms with Crippen molar-refractivity contribution in [3.63, 3.8) is 0 Å². The molecule has 3 rings (SSSR count). The van der Waals surface area contributed by atoms with Gasteiger partial charge in [-0.15, -0.1) is 5.26 Å². The number of anilines is 2. The zero-order valence-corrected chi connectivity index (χ0v) is 18.3. The molecular weight excluding hydrogens is 434 g/mol. The Hall–Kier alpha value is -4.77. The maximum atomic E-state index is 12.0. The smallest absolute Gasteiger partial charge is 0.338 e. The van der Waals surface area contributed by atoms with Crippen LogP contribution >= 0.6 is 0 Å². The second-order valence-electron chi connectivity index (χ2n) is 7.22. The first-order valence-electron chi connectivity index (χ1n) is 10.4. The van der Waals surface area contributed by atoms with Crippen molar-refractivity contribution < 1.29 is 23.8 Å². The van der Waals surface area contributed by atoms with Gasteiger partial charge < -0.3 is 25.7 Å². The van der Waals surface area contributed by atoms with Crippen LogP contribution < -0.4 is 16.2 Å². The molecule has 0 aromatic heterocycles. The van der Waals surface area contributed by atoms with Gasteiger partial charge >= 0.3 is 11.9 Å². The van der Waals surface area contributed by atoms with E-state index in [1.54, 1.807) is 30.5 Å². The van der Waals surface area contributed by atoms with Gasteiger partial charge in [0.05, 0.1) is 18.8 Å². The first-order chi connectivity index (χ1) is 16.4. The van der Waals surface area contributed by atoms with E-state index in [-0.39, 0.29) is 18.8 Å². The van der Waals surface area contributed by atoms with Gasteiger partial charge in [0.1, 0.15) is 5.75 Å². The van der Waals surface area contributed by atoms with Gasteiger partial charge in [0.2, 0.25) is 0 Å². The predicted octanol–water partition coefficient (Wildman–Crippen LogP) is 4.18. The zero-order chi connectivity index (χ0) is 24.3. The summed E-state index contributed by atoms with van der Waals surface area (Å²) in [6.07, 6.45) is 4.98. The number of esters is 2. The van der Waals surface area contributed by atoms with Gasteiger partial charge in [-0.1, -0.05) is 36.4 Å². The fourth-order valence-electron chi connectivity index (χ4n) is 3.04. The van der Waals surface area contributed by atoms with Crippen LogP contribution in [0.4, 0.5) is 11.4 Å². The molecule has 0 aliphatic heterocycles. The highest BCUT2D eigenvalue weighted by Crippen LogP contribution is 2.23. The molecule has 0 radical (unpaired) electrons. The summed E-state index contributed by atoms with van der Waals surface area (Å²) in [5.41, 5.74) is 15.1. The molecule has 0 spiro atoms. The molecule has 172 valence electrons. The molecule has 0 aliphatic rings. The molecule has 8 heteroatoms. The lowest BCUT2D eigenvalue weighted by Gasteiger charge is -2.07. The third-order valence-corrected chi connectivity index (χ3v) is 4.65. The Morgan fingerprint density at radius 3 is 2.06 bits per heavy atom. The first-order valence-corrected chi connectivity index (χ1v) is 10.4. The molecule has 3 aromatic carbocycles. The highest BCUT2D eigenvalue weighted by molar-refractivity contribution is 5.91. The maximum Gasteiger partial charge on any atom is 0.338 e. The van der Waals surface area contributed by atoms with Crippen LogP contribution in [-0.4, -0.2) is 25.2 Å². The third kappa shape index (κ3) is 7.14. The SMILES string of the molecule is N#COc1ccc(-c2ccc(/C=C/C(=O)OCCCOC(=O)c3cc(N)cc(N)c3)cc2)cc1. The molecule has 34 heavy (non-hydrogen) atoms. The molecule has 8 nitrogen and oxygen atoms in total. The van der Waals surface area contributed by atoms with Gasteiger partial charge in [-0.2, -0.15) is 0 Å². The number of carbonyl (C=O) groups excluding carboxylic acids is 2. The average Bonchev–Trinajstić information content (AvgIpc) is 2.83. The van der Waals surface area contributed by atoms with E-state index in [2.05, 4.69) is 0 Å². The van der Waals surface area contributed by atoms with Crippen LogP contribution in [0.2, 0.25) is 0 Å². The minimum Gasteiger partial charge on any atom is -0.462 e. The lowest BCUT2D eigenvalue weighted by atomic mass is 10.0. The van der Waals surface area contributed by atoms with Crippen molar-refractivity contribution in [3.05, 3.63) is 83.9 Å². The van der Waals surface area contributed by atoms with E-state index < -0.39 is 11.9 Å². The summed E-state index contributed by atoms with van der Waals surface area (Å²) in [5, 5.41) is 8.54. The summed E-state index contributed by atoms with van der Waals surface area (Å²) in [5.74, 6) is -0.554. The van der Waals surface area contributed by atoms with Crippen LogP contribution in [0.25, 0.3) is 17.2 Å². The number of hydrogen-bond acceptors (Lipinski definition) is 8. The molecule has 0 saturated heterocycles. The minimum absolute atomic E-state index is 0.0929. The van der Waals surface area contributed by atoms with E-state index >= 15 is 0 Å². The van der Waals surface area contributed by atoms with Gasteiger partial charge in [0, 0.05) is 23.9 Å². The Bertz CT molecular complexity index is 1190. The number of benzene rings is 3. The molecule has 0 saturated carbocycles. The Kier molecular flexibility index (Phi) is 8.25. The monoisotopic (exact) mass is 457 g/mol. The summed E-state index contributed by atoms with van der Waals surface area (Å²) in [7, 11) is 0. The highest BCUT2D eigenvalue weighted by atomic mass is 16.5. The molecule has 0 heterocycles. The number of rotatable bonds is 9. The number of nitrogens with zero attached hydrogens (tertiary/aromatic N) is 1. The van der Waals surface area contributed by atoms with Crippen LogP contribution in [0.1, 0.15) is 22.3 Å².